The summed E-state index contributed by atoms with van der Waals surface area (Å²) in [5.41, 5.74) is 1.85. The van der Waals surface area contributed by atoms with Gasteiger partial charge in [0.25, 0.3) is 11.7 Å². The zero-order valence-corrected chi connectivity index (χ0v) is 20.4. The molecule has 1 unspecified atom stereocenters. The van der Waals surface area contributed by atoms with Crippen LogP contribution in [0.25, 0.3) is 5.76 Å². The smallest absolute Gasteiger partial charge is 0.295 e. The fourth-order valence-electron chi connectivity index (χ4n) is 4.61. The minimum Gasteiger partial charge on any atom is -0.507 e. The Morgan fingerprint density at radius 1 is 1.14 bits per heavy atom. The summed E-state index contributed by atoms with van der Waals surface area (Å²) in [6.45, 7) is 5.87. The Balaban J connectivity index is 1.84. The lowest BCUT2D eigenvalue weighted by molar-refractivity contribution is -0.139. The van der Waals surface area contributed by atoms with Crippen molar-refractivity contribution < 1.29 is 29.3 Å². The molecule has 0 saturated carbocycles. The van der Waals surface area contributed by atoms with Gasteiger partial charge in [0.15, 0.2) is 11.5 Å². The van der Waals surface area contributed by atoms with E-state index in [1.54, 1.807) is 37.3 Å². The van der Waals surface area contributed by atoms with E-state index in [0.717, 1.165) is 24.9 Å². The molecule has 1 fully saturated rings. The second kappa shape index (κ2) is 10.3. The van der Waals surface area contributed by atoms with E-state index >= 15 is 0 Å². The van der Waals surface area contributed by atoms with Crippen LogP contribution in [0.1, 0.15) is 50.3 Å². The quantitative estimate of drug-likeness (QED) is 0.252. The SMILES string of the molecule is CCCCCN1C(=O)C(=O)/C(=C(/O)c2ccc3c(c2)N(C)CCO3)C1c1ccc(O)c(OCC)c1. The van der Waals surface area contributed by atoms with Crippen molar-refractivity contribution in [3.05, 3.63) is 53.1 Å². The minimum atomic E-state index is -0.795. The Labute approximate surface area is 205 Å². The molecule has 0 aromatic heterocycles. The predicted octanol–water partition coefficient (Wildman–Crippen LogP) is 4.23. The van der Waals surface area contributed by atoms with E-state index in [4.69, 9.17) is 9.47 Å². The van der Waals surface area contributed by atoms with Crippen molar-refractivity contribution >= 4 is 23.1 Å². The van der Waals surface area contributed by atoms with E-state index in [1.165, 1.54) is 11.0 Å². The standard InChI is InChI=1S/C27H32N2O6/c1-4-6-7-12-29-24(17-8-10-20(30)22(16-17)34-5-2)23(26(32)27(29)33)25(31)18-9-11-21-19(15-18)28(3)13-14-35-21/h8-11,15-16,24,30-31H,4-7,12-14H2,1-3H3/b25-23+. The van der Waals surface area contributed by atoms with E-state index < -0.39 is 17.7 Å². The molecule has 0 radical (unpaired) electrons. The van der Waals surface area contributed by atoms with Crippen molar-refractivity contribution in [2.75, 3.05) is 38.3 Å². The average Bonchev–Trinajstić information content (AvgIpc) is 3.10. The Morgan fingerprint density at radius 3 is 2.69 bits per heavy atom. The number of hydrogen-bond acceptors (Lipinski definition) is 7. The molecule has 1 amide bonds. The zero-order chi connectivity index (χ0) is 25.1. The molecule has 8 heteroatoms. The number of hydrogen-bond donors (Lipinski definition) is 2. The van der Waals surface area contributed by atoms with Crippen LogP contribution in [0.3, 0.4) is 0 Å². The summed E-state index contributed by atoms with van der Waals surface area (Å²) < 4.78 is 11.2. The Hall–Kier alpha value is -3.68. The largest absolute Gasteiger partial charge is 0.507 e. The maximum atomic E-state index is 13.3. The van der Waals surface area contributed by atoms with Gasteiger partial charge in [0.2, 0.25) is 0 Å². The van der Waals surface area contributed by atoms with Gasteiger partial charge in [0.1, 0.15) is 18.1 Å². The average molecular weight is 481 g/mol. The van der Waals surface area contributed by atoms with E-state index in [2.05, 4.69) is 6.92 Å². The second-order valence-electron chi connectivity index (χ2n) is 8.81. The highest BCUT2D eigenvalue weighted by Crippen LogP contribution is 2.43. The number of ether oxygens (including phenoxy) is 2. The summed E-state index contributed by atoms with van der Waals surface area (Å²) >= 11 is 0. The molecule has 2 heterocycles. The number of aromatic hydroxyl groups is 1. The Morgan fingerprint density at radius 2 is 1.94 bits per heavy atom. The molecular formula is C27H32N2O6. The zero-order valence-electron chi connectivity index (χ0n) is 20.4. The van der Waals surface area contributed by atoms with Gasteiger partial charge < -0.3 is 29.5 Å². The van der Waals surface area contributed by atoms with Gasteiger partial charge >= 0.3 is 0 Å². The highest BCUT2D eigenvalue weighted by Gasteiger charge is 2.46. The van der Waals surface area contributed by atoms with Crippen molar-refractivity contribution in [3.63, 3.8) is 0 Å². The van der Waals surface area contributed by atoms with Gasteiger partial charge in [-0.3, -0.25) is 9.59 Å². The lowest BCUT2D eigenvalue weighted by Crippen LogP contribution is -2.30. The summed E-state index contributed by atoms with van der Waals surface area (Å²) in [7, 11) is 1.93. The number of phenols is 1. The number of Topliss-reactive ketones (excluding diaryl/α,β-unsaturated/α-hetero) is 1. The van der Waals surface area contributed by atoms with Crippen LogP contribution in [-0.2, 0) is 9.59 Å². The maximum Gasteiger partial charge on any atom is 0.295 e. The van der Waals surface area contributed by atoms with Gasteiger partial charge in [0.05, 0.1) is 30.5 Å². The number of aliphatic hydroxyl groups excluding tert-OH is 1. The third-order valence-electron chi connectivity index (χ3n) is 6.47. The van der Waals surface area contributed by atoms with Crippen LogP contribution in [0.4, 0.5) is 5.69 Å². The van der Waals surface area contributed by atoms with Crippen LogP contribution in [0.15, 0.2) is 42.0 Å². The number of aliphatic hydroxyl groups is 1. The molecule has 2 aromatic rings. The number of anilines is 1. The Bertz CT molecular complexity index is 1160. The van der Waals surface area contributed by atoms with Gasteiger partial charge in [-0.15, -0.1) is 0 Å². The van der Waals surface area contributed by atoms with E-state index in [0.29, 0.717) is 43.2 Å². The number of likely N-dealkylation sites (tertiary alicyclic amines) is 1. The van der Waals surface area contributed by atoms with Gasteiger partial charge in [0, 0.05) is 19.2 Å². The number of likely N-dealkylation sites (N-methyl/N-ethyl adjacent to an activating group) is 1. The lowest BCUT2D eigenvalue weighted by Gasteiger charge is -2.28. The number of fused-ring (bicyclic) bond motifs is 1. The van der Waals surface area contributed by atoms with E-state index in [1.807, 2.05) is 11.9 Å². The molecule has 0 spiro atoms. The van der Waals surface area contributed by atoms with Crippen LogP contribution in [-0.4, -0.2) is 60.2 Å². The van der Waals surface area contributed by atoms with Gasteiger partial charge in [-0.2, -0.15) is 0 Å². The summed E-state index contributed by atoms with van der Waals surface area (Å²) in [5, 5.41) is 21.6. The number of benzene rings is 2. The molecule has 0 aliphatic carbocycles. The monoisotopic (exact) mass is 480 g/mol. The van der Waals surface area contributed by atoms with Crippen molar-refractivity contribution in [1.29, 1.82) is 0 Å². The topological polar surface area (TPSA) is 99.5 Å². The molecule has 1 atom stereocenters. The lowest BCUT2D eigenvalue weighted by atomic mass is 9.94. The predicted molar refractivity (Wildman–Crippen MR) is 133 cm³/mol. The first kappa shape index (κ1) is 24.4. The number of carbonyl (C=O) groups excluding carboxylic acids is 2. The first-order valence-electron chi connectivity index (χ1n) is 12.1. The van der Waals surface area contributed by atoms with Gasteiger partial charge in [-0.25, -0.2) is 0 Å². The first-order valence-corrected chi connectivity index (χ1v) is 12.1. The number of phenolic OH excluding ortho intramolecular Hbond substituents is 1. The molecule has 2 aliphatic heterocycles. The Kier molecular flexibility index (Phi) is 7.19. The van der Waals surface area contributed by atoms with Crippen molar-refractivity contribution in [2.24, 2.45) is 0 Å². The van der Waals surface area contributed by atoms with Crippen LogP contribution in [0.2, 0.25) is 0 Å². The molecule has 2 aliphatic rings. The third kappa shape index (κ3) is 4.65. The number of rotatable bonds is 8. The molecule has 186 valence electrons. The van der Waals surface area contributed by atoms with Crippen LogP contribution in [0.5, 0.6) is 17.2 Å². The number of carbonyl (C=O) groups is 2. The summed E-state index contributed by atoms with van der Waals surface area (Å²) in [5.74, 6) is -0.673. The number of nitrogens with zero attached hydrogens (tertiary/aromatic N) is 2. The molecule has 1 saturated heterocycles. The molecule has 35 heavy (non-hydrogen) atoms. The normalized spacial score (nSPS) is 19.0. The molecule has 8 nitrogen and oxygen atoms in total. The first-order chi connectivity index (χ1) is 16.9. The molecule has 2 aromatic carbocycles. The number of unbranched alkanes of at least 4 members (excludes halogenated alkanes) is 2. The van der Waals surface area contributed by atoms with Crippen LogP contribution < -0.4 is 14.4 Å². The third-order valence-corrected chi connectivity index (χ3v) is 6.47. The van der Waals surface area contributed by atoms with Gasteiger partial charge in [-0.1, -0.05) is 25.8 Å². The molecule has 4 rings (SSSR count). The number of amides is 1. The highest BCUT2D eigenvalue weighted by atomic mass is 16.5. The molecule has 2 N–H and O–H groups in total. The van der Waals surface area contributed by atoms with Crippen molar-refractivity contribution in [3.8, 4) is 17.2 Å². The summed E-state index contributed by atoms with van der Waals surface area (Å²) in [4.78, 5) is 29.9. The fourth-order valence-corrected chi connectivity index (χ4v) is 4.61. The molecular weight excluding hydrogens is 448 g/mol. The van der Waals surface area contributed by atoms with E-state index in [-0.39, 0.29) is 22.8 Å². The van der Waals surface area contributed by atoms with Crippen LogP contribution in [0, 0.1) is 0 Å². The fraction of sp³-hybridized carbons (Fsp3) is 0.407. The van der Waals surface area contributed by atoms with E-state index in [9.17, 15) is 19.8 Å². The van der Waals surface area contributed by atoms with Crippen molar-refractivity contribution in [1.82, 2.24) is 4.90 Å². The van der Waals surface area contributed by atoms with Gasteiger partial charge in [-0.05, 0) is 49.2 Å². The number of ketones is 1. The van der Waals surface area contributed by atoms with Crippen molar-refractivity contribution in [2.45, 2.75) is 39.2 Å². The summed E-state index contributed by atoms with van der Waals surface area (Å²) in [6.07, 6.45) is 2.61. The maximum absolute atomic E-state index is 13.3. The molecule has 0 bridgehead atoms. The minimum absolute atomic E-state index is 0.0268. The summed E-state index contributed by atoms with van der Waals surface area (Å²) in [6, 6.07) is 9.20. The second-order valence-corrected chi connectivity index (χ2v) is 8.81. The highest BCUT2D eigenvalue weighted by molar-refractivity contribution is 6.46. The van der Waals surface area contributed by atoms with Crippen LogP contribution >= 0.6 is 0 Å².